The molecule has 164 valence electrons. The molecule has 0 N–H and O–H groups in total. The van der Waals surface area contributed by atoms with Gasteiger partial charge in [0.2, 0.25) is 0 Å². The number of ether oxygens (including phenoxy) is 1. The first kappa shape index (κ1) is 22.7. The molecule has 0 radical (unpaired) electrons. The van der Waals surface area contributed by atoms with Gasteiger partial charge < -0.3 is 9.64 Å². The third-order valence-corrected chi connectivity index (χ3v) is 5.53. The first-order valence-electron chi connectivity index (χ1n) is 10.3. The van der Waals surface area contributed by atoms with Crippen LogP contribution >= 0.6 is 11.6 Å². The van der Waals surface area contributed by atoms with Crippen molar-refractivity contribution in [1.82, 2.24) is 14.9 Å². The monoisotopic (exact) mass is 439 g/mol. The minimum atomic E-state index is -2.81. The van der Waals surface area contributed by atoms with E-state index in [9.17, 15) is 13.6 Å². The molecule has 3 heterocycles. The molecule has 1 amide bonds. The van der Waals surface area contributed by atoms with Crippen LogP contribution in [0.2, 0.25) is 5.02 Å². The van der Waals surface area contributed by atoms with E-state index in [-0.39, 0.29) is 13.0 Å². The van der Waals surface area contributed by atoms with Crippen LogP contribution in [0.5, 0.6) is 0 Å². The van der Waals surface area contributed by atoms with Gasteiger partial charge in [-0.1, -0.05) is 11.6 Å². The molecular weight excluding hydrogens is 412 g/mol. The van der Waals surface area contributed by atoms with Gasteiger partial charge in [-0.05, 0) is 64.7 Å². The minimum Gasteiger partial charge on any atom is -0.444 e. The van der Waals surface area contributed by atoms with Gasteiger partial charge in [0.15, 0.2) is 5.65 Å². The van der Waals surface area contributed by atoms with Crippen LogP contribution in [0.1, 0.15) is 52.1 Å². The van der Waals surface area contributed by atoms with Crippen molar-refractivity contribution in [3.05, 3.63) is 35.1 Å². The van der Waals surface area contributed by atoms with Crippen molar-refractivity contribution >= 4 is 28.7 Å². The van der Waals surface area contributed by atoms with Gasteiger partial charge in [-0.15, -0.1) is 0 Å². The van der Waals surface area contributed by atoms with Crippen LogP contribution < -0.4 is 0 Å². The Balaban J connectivity index is 1.48. The number of carbonyl (C=O) groups is 1. The number of unbranched alkanes of at least 4 members (excludes halogenated alkanes) is 1. The van der Waals surface area contributed by atoms with Gasteiger partial charge in [0.1, 0.15) is 5.60 Å². The number of halogens is 3. The van der Waals surface area contributed by atoms with Gasteiger partial charge in [-0.2, -0.15) is 0 Å². The van der Waals surface area contributed by atoms with E-state index in [1.165, 1.54) is 4.90 Å². The third-order valence-electron chi connectivity index (χ3n) is 5.22. The van der Waals surface area contributed by atoms with E-state index in [1.54, 1.807) is 39.1 Å². The lowest BCUT2D eigenvalue weighted by Crippen LogP contribution is -2.37. The van der Waals surface area contributed by atoms with E-state index in [2.05, 4.69) is 9.97 Å². The number of fused-ring (bicyclic) bond motifs is 1. The first-order valence-corrected chi connectivity index (χ1v) is 10.7. The van der Waals surface area contributed by atoms with Gasteiger partial charge >= 0.3 is 6.09 Å². The molecule has 1 unspecified atom stereocenters. The Hall–Kier alpha value is -2.02. The lowest BCUT2D eigenvalue weighted by molar-refractivity contribution is -0.0631. The minimum absolute atomic E-state index is 0.0371. The zero-order valence-electron chi connectivity index (χ0n) is 17.6. The fourth-order valence-corrected chi connectivity index (χ4v) is 3.93. The Labute approximate surface area is 180 Å². The topological polar surface area (TPSA) is 55.3 Å². The summed E-state index contributed by atoms with van der Waals surface area (Å²) >= 11 is 6.27. The smallest absolute Gasteiger partial charge is 0.410 e. The molecule has 0 spiro atoms. The molecule has 1 aliphatic heterocycles. The van der Waals surface area contributed by atoms with E-state index >= 15 is 0 Å². The van der Waals surface area contributed by atoms with E-state index in [0.29, 0.717) is 42.9 Å². The summed E-state index contributed by atoms with van der Waals surface area (Å²) in [6, 6.07) is 5.42. The standard InChI is InChI=1S/C22H28ClF2N3O2/c1-21(2,3)30-20(29)28-12-9-15(14-28)22(24,25)10-5-4-7-16-13-18(23)17-8-6-11-26-19(17)27-16/h6,8,11,13,15H,4-5,7,9-10,12,14H2,1-3H3. The van der Waals surface area contributed by atoms with Crippen molar-refractivity contribution in [3.63, 3.8) is 0 Å². The number of pyridine rings is 2. The van der Waals surface area contributed by atoms with Crippen molar-refractivity contribution in [1.29, 1.82) is 0 Å². The SMILES string of the molecule is CC(C)(C)OC(=O)N1CCC(C(F)(F)CCCCc2cc(Cl)c3cccnc3n2)C1. The number of amides is 1. The summed E-state index contributed by atoms with van der Waals surface area (Å²) in [5.74, 6) is -3.64. The van der Waals surface area contributed by atoms with E-state index in [0.717, 1.165) is 11.1 Å². The van der Waals surface area contributed by atoms with Gasteiger partial charge in [-0.25, -0.2) is 23.5 Å². The maximum absolute atomic E-state index is 14.7. The summed E-state index contributed by atoms with van der Waals surface area (Å²) in [7, 11) is 0. The number of hydrogen-bond donors (Lipinski definition) is 0. The lowest BCUT2D eigenvalue weighted by atomic mass is 9.95. The average Bonchev–Trinajstić information content (AvgIpc) is 3.15. The Morgan fingerprint density at radius 2 is 2.10 bits per heavy atom. The van der Waals surface area contributed by atoms with Crippen molar-refractivity contribution in [2.45, 2.75) is 64.4 Å². The number of hydrogen-bond acceptors (Lipinski definition) is 4. The number of alkyl halides is 2. The third kappa shape index (κ3) is 5.78. The largest absolute Gasteiger partial charge is 0.444 e. The highest BCUT2D eigenvalue weighted by molar-refractivity contribution is 6.35. The zero-order valence-corrected chi connectivity index (χ0v) is 18.4. The summed E-state index contributed by atoms with van der Waals surface area (Å²) in [6.45, 7) is 5.64. The highest BCUT2D eigenvalue weighted by Gasteiger charge is 2.44. The molecule has 3 rings (SSSR count). The van der Waals surface area contributed by atoms with Crippen LogP contribution in [0, 0.1) is 5.92 Å². The molecule has 0 aliphatic carbocycles. The highest BCUT2D eigenvalue weighted by Crippen LogP contribution is 2.37. The van der Waals surface area contributed by atoms with Gasteiger partial charge in [0, 0.05) is 42.7 Å². The van der Waals surface area contributed by atoms with Crippen LogP contribution in [0.3, 0.4) is 0 Å². The molecule has 0 saturated carbocycles. The van der Waals surface area contributed by atoms with Crippen LogP contribution in [-0.4, -0.2) is 45.6 Å². The molecule has 8 heteroatoms. The number of nitrogens with zero attached hydrogens (tertiary/aromatic N) is 3. The lowest BCUT2D eigenvalue weighted by Gasteiger charge is -2.26. The van der Waals surface area contributed by atoms with Crippen LogP contribution in [0.25, 0.3) is 11.0 Å². The molecule has 30 heavy (non-hydrogen) atoms. The van der Waals surface area contributed by atoms with Crippen molar-refractivity contribution in [3.8, 4) is 0 Å². The fourth-order valence-electron chi connectivity index (χ4n) is 3.66. The molecule has 1 saturated heterocycles. The van der Waals surface area contributed by atoms with Gasteiger partial charge in [0.25, 0.3) is 5.92 Å². The maximum atomic E-state index is 14.7. The summed E-state index contributed by atoms with van der Waals surface area (Å²) < 4.78 is 34.6. The second kappa shape index (κ2) is 9.00. The first-order chi connectivity index (χ1) is 14.0. The molecule has 0 bridgehead atoms. The predicted octanol–water partition coefficient (Wildman–Crippen LogP) is 5.89. The molecule has 2 aromatic heterocycles. The summed E-state index contributed by atoms with van der Waals surface area (Å²) in [4.78, 5) is 22.2. The molecular formula is C22H28ClF2N3O2. The van der Waals surface area contributed by atoms with E-state index in [1.807, 2.05) is 6.07 Å². The quantitative estimate of drug-likeness (QED) is 0.527. The number of aromatic nitrogens is 2. The Morgan fingerprint density at radius 1 is 1.33 bits per heavy atom. The van der Waals surface area contributed by atoms with Gasteiger partial charge in [0.05, 0.1) is 5.02 Å². The normalized spacial score (nSPS) is 17.5. The average molecular weight is 440 g/mol. The van der Waals surface area contributed by atoms with E-state index in [4.69, 9.17) is 16.3 Å². The van der Waals surface area contributed by atoms with Gasteiger partial charge in [-0.3, -0.25) is 0 Å². The summed E-state index contributed by atoms with van der Waals surface area (Å²) in [5, 5.41) is 1.35. The molecule has 0 aromatic carbocycles. The van der Waals surface area contributed by atoms with E-state index < -0.39 is 23.5 Å². The van der Waals surface area contributed by atoms with Crippen molar-refractivity contribution in [2.75, 3.05) is 13.1 Å². The Morgan fingerprint density at radius 3 is 2.83 bits per heavy atom. The second-order valence-corrected chi connectivity index (χ2v) is 9.26. The fraction of sp³-hybridized carbons (Fsp3) is 0.591. The summed E-state index contributed by atoms with van der Waals surface area (Å²) in [6.07, 6.45) is 2.73. The molecule has 1 atom stereocenters. The van der Waals surface area contributed by atoms with Crippen LogP contribution in [0.4, 0.5) is 13.6 Å². The number of rotatable bonds is 6. The van der Waals surface area contributed by atoms with Crippen molar-refractivity contribution in [2.24, 2.45) is 5.92 Å². The molecule has 1 aliphatic rings. The van der Waals surface area contributed by atoms with Crippen LogP contribution in [0.15, 0.2) is 24.4 Å². The number of likely N-dealkylation sites (tertiary alicyclic amines) is 1. The van der Waals surface area contributed by atoms with Crippen LogP contribution in [-0.2, 0) is 11.2 Å². The second-order valence-electron chi connectivity index (χ2n) is 8.85. The maximum Gasteiger partial charge on any atom is 0.410 e. The number of aryl methyl sites for hydroxylation is 1. The zero-order chi connectivity index (χ0) is 21.9. The van der Waals surface area contributed by atoms with Crippen molar-refractivity contribution < 1.29 is 18.3 Å². The predicted molar refractivity (Wildman–Crippen MR) is 113 cm³/mol. The Kier molecular flexibility index (Phi) is 6.80. The Bertz CT molecular complexity index is 902. The highest BCUT2D eigenvalue weighted by atomic mass is 35.5. The number of carbonyl (C=O) groups excluding carboxylic acids is 1. The molecule has 2 aromatic rings. The summed E-state index contributed by atoms with van der Waals surface area (Å²) in [5.41, 5.74) is 0.692. The molecule has 5 nitrogen and oxygen atoms in total. The molecule has 1 fully saturated rings.